The summed E-state index contributed by atoms with van der Waals surface area (Å²) in [7, 11) is 1.32. The van der Waals surface area contributed by atoms with Gasteiger partial charge >= 0.3 is 5.97 Å². The Kier molecular flexibility index (Phi) is 5.54. The van der Waals surface area contributed by atoms with Crippen LogP contribution in [0.3, 0.4) is 0 Å². The van der Waals surface area contributed by atoms with E-state index in [1.54, 1.807) is 12.1 Å². The van der Waals surface area contributed by atoms with E-state index in [1.807, 2.05) is 26.8 Å². The lowest BCUT2D eigenvalue weighted by molar-refractivity contribution is -0.116. The highest BCUT2D eigenvalue weighted by Gasteiger charge is 2.21. The minimum Gasteiger partial charge on any atom is -0.465 e. The third-order valence-corrected chi connectivity index (χ3v) is 4.15. The average Bonchev–Trinajstić information content (AvgIpc) is 2.38. The summed E-state index contributed by atoms with van der Waals surface area (Å²) in [6.45, 7) is 5.75. The fourth-order valence-electron chi connectivity index (χ4n) is 1.55. The second kappa shape index (κ2) is 6.70. The summed E-state index contributed by atoms with van der Waals surface area (Å²) in [4.78, 5) is 23.4. The zero-order chi connectivity index (χ0) is 14.6. The molecule has 0 radical (unpaired) electrons. The van der Waals surface area contributed by atoms with E-state index < -0.39 is 5.97 Å². The maximum absolute atomic E-state index is 12.0. The van der Waals surface area contributed by atoms with E-state index in [2.05, 4.69) is 21.2 Å². The van der Waals surface area contributed by atoms with Crippen molar-refractivity contribution in [3.05, 3.63) is 29.3 Å². The van der Waals surface area contributed by atoms with Crippen molar-refractivity contribution in [3.8, 4) is 0 Å². The molecule has 1 aromatic rings. The lowest BCUT2D eigenvalue weighted by Crippen LogP contribution is -2.27. The minimum atomic E-state index is -0.463. The van der Waals surface area contributed by atoms with Gasteiger partial charge in [0.25, 0.3) is 0 Å². The molecule has 19 heavy (non-hydrogen) atoms. The van der Waals surface area contributed by atoms with Crippen molar-refractivity contribution >= 4 is 33.5 Å². The zero-order valence-corrected chi connectivity index (χ0v) is 13.1. The Morgan fingerprint density at radius 1 is 1.32 bits per heavy atom. The van der Waals surface area contributed by atoms with Gasteiger partial charge in [-0.1, -0.05) is 41.4 Å². The quantitative estimate of drug-likeness (QED) is 0.682. The molecule has 0 aliphatic rings. The van der Waals surface area contributed by atoms with Crippen LogP contribution in [0.1, 0.15) is 29.8 Å². The van der Waals surface area contributed by atoms with Gasteiger partial charge in [-0.25, -0.2) is 4.79 Å². The number of ether oxygens (including phenoxy) is 1. The number of amides is 1. The highest BCUT2D eigenvalue weighted by atomic mass is 79.9. The molecule has 0 saturated heterocycles. The average molecular weight is 328 g/mol. The zero-order valence-electron chi connectivity index (χ0n) is 11.5. The molecular weight excluding hydrogens is 310 g/mol. The Hall–Kier alpha value is -1.36. The molecular formula is C14H18BrNO3. The Morgan fingerprint density at radius 3 is 2.47 bits per heavy atom. The Bertz CT molecular complexity index is 486. The van der Waals surface area contributed by atoms with E-state index in [9.17, 15) is 9.59 Å². The number of hydrogen-bond donors (Lipinski definition) is 1. The Balaban J connectivity index is 3.01. The fourth-order valence-corrected chi connectivity index (χ4v) is 1.66. The molecule has 1 rings (SSSR count). The third kappa shape index (κ3) is 4.06. The second-order valence-corrected chi connectivity index (χ2v) is 5.66. The number of nitrogens with one attached hydrogen (secondary N) is 1. The molecule has 0 fully saturated rings. The van der Waals surface area contributed by atoms with Crippen LogP contribution < -0.4 is 5.32 Å². The predicted molar refractivity (Wildman–Crippen MR) is 78.7 cm³/mol. The maximum atomic E-state index is 12.0. The summed E-state index contributed by atoms with van der Waals surface area (Å²) >= 11 is 3.33. The van der Waals surface area contributed by atoms with Gasteiger partial charge in [-0.05, 0) is 25.0 Å². The van der Waals surface area contributed by atoms with Crippen LogP contribution in [0.15, 0.2) is 18.2 Å². The first-order chi connectivity index (χ1) is 8.86. The highest BCUT2D eigenvalue weighted by Crippen LogP contribution is 2.21. The molecule has 5 heteroatoms. The number of methoxy groups -OCH3 is 1. The lowest BCUT2D eigenvalue weighted by atomic mass is 10.1. The summed E-state index contributed by atoms with van der Waals surface area (Å²) in [5, 5.41) is 2.75. The number of anilines is 1. The van der Waals surface area contributed by atoms with Crippen molar-refractivity contribution in [2.75, 3.05) is 12.4 Å². The van der Waals surface area contributed by atoms with Crippen molar-refractivity contribution in [2.45, 2.75) is 25.6 Å². The monoisotopic (exact) mass is 327 g/mol. The van der Waals surface area contributed by atoms with Crippen molar-refractivity contribution in [3.63, 3.8) is 0 Å². The molecule has 0 bridgehead atoms. The highest BCUT2D eigenvalue weighted by molar-refractivity contribution is 9.10. The first-order valence-corrected chi connectivity index (χ1v) is 6.92. The third-order valence-electron chi connectivity index (χ3n) is 2.67. The summed E-state index contributed by atoms with van der Waals surface area (Å²) in [6, 6.07) is 5.24. The number of hydrogen-bond acceptors (Lipinski definition) is 3. The van der Waals surface area contributed by atoms with Crippen LogP contribution in [-0.4, -0.2) is 23.8 Å². The van der Waals surface area contributed by atoms with Gasteiger partial charge in [0.1, 0.15) is 0 Å². The Morgan fingerprint density at radius 2 is 1.95 bits per heavy atom. The standard InChI is InChI=1S/C14H18BrNO3/c1-8(2)12(15)13(17)16-11-6-5-9(3)7-10(11)14(18)19-4/h5-8,12H,1-4H3,(H,16,17). The molecule has 104 valence electrons. The molecule has 1 aromatic carbocycles. The molecule has 0 aliphatic carbocycles. The van der Waals surface area contributed by atoms with Crippen molar-refractivity contribution in [1.29, 1.82) is 0 Å². The van der Waals surface area contributed by atoms with E-state index in [0.29, 0.717) is 11.3 Å². The number of rotatable bonds is 4. The van der Waals surface area contributed by atoms with E-state index in [1.165, 1.54) is 7.11 Å². The number of alkyl halides is 1. The van der Waals surface area contributed by atoms with Gasteiger partial charge in [0.05, 0.1) is 23.2 Å². The molecule has 0 aliphatic heterocycles. The molecule has 1 unspecified atom stereocenters. The van der Waals surface area contributed by atoms with E-state index in [-0.39, 0.29) is 16.7 Å². The van der Waals surface area contributed by atoms with Crippen LogP contribution in [0.25, 0.3) is 0 Å². The number of esters is 1. The molecule has 1 atom stereocenters. The summed E-state index contributed by atoms with van der Waals surface area (Å²) < 4.78 is 4.72. The van der Waals surface area contributed by atoms with Crippen molar-refractivity contribution in [1.82, 2.24) is 0 Å². The van der Waals surface area contributed by atoms with E-state index in [0.717, 1.165) is 5.56 Å². The topological polar surface area (TPSA) is 55.4 Å². The van der Waals surface area contributed by atoms with Crippen LogP contribution in [0.5, 0.6) is 0 Å². The number of halogens is 1. The van der Waals surface area contributed by atoms with E-state index in [4.69, 9.17) is 4.74 Å². The number of benzene rings is 1. The molecule has 0 spiro atoms. The molecule has 0 heterocycles. The van der Waals surface area contributed by atoms with Gasteiger partial charge in [0, 0.05) is 0 Å². The largest absolute Gasteiger partial charge is 0.465 e. The molecule has 0 saturated carbocycles. The second-order valence-electron chi connectivity index (χ2n) is 4.68. The number of carbonyl (C=O) groups is 2. The summed E-state index contributed by atoms with van der Waals surface area (Å²) in [5.74, 6) is -0.481. The fraction of sp³-hybridized carbons (Fsp3) is 0.429. The number of aryl methyl sites for hydroxylation is 1. The molecule has 0 aromatic heterocycles. The van der Waals surface area contributed by atoms with Gasteiger partial charge < -0.3 is 10.1 Å². The molecule has 4 nitrogen and oxygen atoms in total. The van der Waals surface area contributed by atoms with Crippen molar-refractivity contribution < 1.29 is 14.3 Å². The van der Waals surface area contributed by atoms with Gasteiger partial charge in [0.15, 0.2) is 0 Å². The lowest BCUT2D eigenvalue weighted by Gasteiger charge is -2.15. The van der Waals surface area contributed by atoms with Gasteiger partial charge in [-0.15, -0.1) is 0 Å². The Labute approximate surface area is 121 Å². The minimum absolute atomic E-state index is 0.159. The molecule has 1 N–H and O–H groups in total. The van der Waals surface area contributed by atoms with Gasteiger partial charge in [-0.3, -0.25) is 4.79 Å². The van der Waals surface area contributed by atoms with Crippen LogP contribution in [-0.2, 0) is 9.53 Å². The first kappa shape index (κ1) is 15.7. The number of carbonyl (C=O) groups excluding carboxylic acids is 2. The van der Waals surface area contributed by atoms with Gasteiger partial charge in [-0.2, -0.15) is 0 Å². The SMILES string of the molecule is COC(=O)c1cc(C)ccc1NC(=O)C(Br)C(C)C. The van der Waals surface area contributed by atoms with Crippen LogP contribution in [0, 0.1) is 12.8 Å². The normalized spacial score (nSPS) is 12.1. The summed E-state index contributed by atoms with van der Waals surface area (Å²) in [5.41, 5.74) is 1.75. The van der Waals surface area contributed by atoms with Gasteiger partial charge in [0.2, 0.25) is 5.91 Å². The van der Waals surface area contributed by atoms with E-state index >= 15 is 0 Å². The van der Waals surface area contributed by atoms with Crippen LogP contribution in [0.4, 0.5) is 5.69 Å². The first-order valence-electron chi connectivity index (χ1n) is 6.00. The maximum Gasteiger partial charge on any atom is 0.339 e. The van der Waals surface area contributed by atoms with Crippen molar-refractivity contribution in [2.24, 2.45) is 5.92 Å². The van der Waals surface area contributed by atoms with Crippen LogP contribution in [0.2, 0.25) is 0 Å². The summed E-state index contributed by atoms with van der Waals surface area (Å²) in [6.07, 6.45) is 0. The predicted octanol–water partition coefficient (Wildman–Crippen LogP) is 3.14. The van der Waals surface area contributed by atoms with Crippen LogP contribution >= 0.6 is 15.9 Å². The molecule has 1 amide bonds. The smallest absolute Gasteiger partial charge is 0.339 e.